The van der Waals surface area contributed by atoms with Crippen LogP contribution in [-0.4, -0.2) is 28.5 Å². The maximum absolute atomic E-state index is 13.8. The van der Waals surface area contributed by atoms with Crippen LogP contribution in [-0.2, 0) is 16.6 Å². The highest BCUT2D eigenvalue weighted by Gasteiger charge is 2.33. The summed E-state index contributed by atoms with van der Waals surface area (Å²) < 4.78 is 31.1. The van der Waals surface area contributed by atoms with Crippen LogP contribution in [0.5, 0.6) is 0 Å². The van der Waals surface area contributed by atoms with E-state index in [2.05, 4.69) is 0 Å². The summed E-state index contributed by atoms with van der Waals surface area (Å²) in [6, 6.07) is 13.8. The first-order valence-electron chi connectivity index (χ1n) is 10.2. The molecule has 1 fully saturated rings. The Morgan fingerprint density at radius 2 is 1.86 bits per heavy atom. The van der Waals surface area contributed by atoms with Crippen molar-refractivity contribution in [1.82, 2.24) is 14.1 Å². The number of benzene rings is 1. The minimum Gasteiger partial charge on any atom is -0.268 e. The number of sulfonamides is 1. The molecule has 2 heterocycles. The van der Waals surface area contributed by atoms with E-state index in [0.29, 0.717) is 23.2 Å². The standard InChI is InChI=1S/C22H27N3O2S2/c1-17(2)25(15-18-9-4-3-5-10-18)29(26,27)21-16-24(19-11-6-7-12-19)23-22(21)20-13-8-14-28-20/h3-5,8-10,13-14,16-17,19H,6-7,11-12,15H2,1-2H3. The summed E-state index contributed by atoms with van der Waals surface area (Å²) in [5.74, 6) is 0. The summed E-state index contributed by atoms with van der Waals surface area (Å²) in [6.07, 6.45) is 6.23. The highest BCUT2D eigenvalue weighted by molar-refractivity contribution is 7.89. The minimum absolute atomic E-state index is 0.161. The molecule has 3 aromatic rings. The Kier molecular flexibility index (Phi) is 5.90. The van der Waals surface area contributed by atoms with E-state index < -0.39 is 10.0 Å². The second-order valence-electron chi connectivity index (χ2n) is 7.87. The van der Waals surface area contributed by atoms with Gasteiger partial charge in [-0.1, -0.05) is 49.2 Å². The molecule has 0 saturated heterocycles. The number of rotatable bonds is 7. The Bertz CT molecular complexity index is 1040. The molecular weight excluding hydrogens is 402 g/mol. The number of thiophene rings is 1. The fourth-order valence-electron chi connectivity index (χ4n) is 3.94. The average Bonchev–Trinajstić information content (AvgIpc) is 3.47. The highest BCUT2D eigenvalue weighted by atomic mass is 32.2. The first-order valence-corrected chi connectivity index (χ1v) is 12.5. The molecule has 5 nitrogen and oxygen atoms in total. The maximum Gasteiger partial charge on any atom is 0.247 e. The van der Waals surface area contributed by atoms with Gasteiger partial charge in [-0.2, -0.15) is 9.40 Å². The SMILES string of the molecule is CC(C)N(Cc1ccccc1)S(=O)(=O)c1cn(C2CCCC2)nc1-c1cccs1. The van der Waals surface area contributed by atoms with E-state index in [-0.39, 0.29) is 6.04 Å². The lowest BCUT2D eigenvalue weighted by atomic mass is 10.2. The van der Waals surface area contributed by atoms with E-state index in [0.717, 1.165) is 23.3 Å². The van der Waals surface area contributed by atoms with Crippen LogP contribution < -0.4 is 0 Å². The Hall–Kier alpha value is -1.96. The van der Waals surface area contributed by atoms with E-state index >= 15 is 0 Å². The highest BCUT2D eigenvalue weighted by Crippen LogP contribution is 2.36. The minimum atomic E-state index is -3.71. The van der Waals surface area contributed by atoms with Gasteiger partial charge >= 0.3 is 0 Å². The summed E-state index contributed by atoms with van der Waals surface area (Å²) in [6.45, 7) is 4.19. The number of nitrogens with zero attached hydrogens (tertiary/aromatic N) is 3. The molecule has 0 amide bonds. The van der Waals surface area contributed by atoms with Gasteiger partial charge in [-0.3, -0.25) is 4.68 Å². The molecular formula is C22H27N3O2S2. The molecule has 4 rings (SSSR count). The van der Waals surface area contributed by atoms with E-state index in [9.17, 15) is 8.42 Å². The van der Waals surface area contributed by atoms with Crippen LogP contribution in [0.25, 0.3) is 10.6 Å². The van der Waals surface area contributed by atoms with Gasteiger partial charge < -0.3 is 0 Å². The van der Waals surface area contributed by atoms with Crippen LogP contribution in [0.1, 0.15) is 51.1 Å². The third-order valence-corrected chi connectivity index (χ3v) is 8.39. The van der Waals surface area contributed by atoms with Gasteiger partial charge in [0.1, 0.15) is 10.6 Å². The number of hydrogen-bond donors (Lipinski definition) is 0. The molecule has 29 heavy (non-hydrogen) atoms. The molecule has 1 saturated carbocycles. The van der Waals surface area contributed by atoms with Crippen LogP contribution in [0, 0.1) is 0 Å². The topological polar surface area (TPSA) is 55.2 Å². The molecule has 0 atom stereocenters. The van der Waals surface area contributed by atoms with Gasteiger partial charge in [0.2, 0.25) is 10.0 Å². The zero-order valence-electron chi connectivity index (χ0n) is 16.9. The second-order valence-corrected chi connectivity index (χ2v) is 10.7. The van der Waals surface area contributed by atoms with Crippen LogP contribution in [0.15, 0.2) is 58.9 Å². The van der Waals surface area contributed by atoms with Crippen LogP contribution in [0.4, 0.5) is 0 Å². The maximum atomic E-state index is 13.8. The largest absolute Gasteiger partial charge is 0.268 e. The fourth-order valence-corrected chi connectivity index (χ4v) is 6.49. The van der Waals surface area contributed by atoms with Crippen LogP contribution >= 0.6 is 11.3 Å². The predicted octanol–water partition coefficient (Wildman–Crippen LogP) is 5.33. The molecule has 0 unspecified atom stereocenters. The lowest BCUT2D eigenvalue weighted by molar-refractivity contribution is 0.348. The molecule has 7 heteroatoms. The summed E-state index contributed by atoms with van der Waals surface area (Å²) in [5.41, 5.74) is 1.55. The number of aromatic nitrogens is 2. The Morgan fingerprint density at radius 1 is 1.14 bits per heavy atom. The molecule has 0 radical (unpaired) electrons. The monoisotopic (exact) mass is 429 g/mol. The van der Waals surface area contributed by atoms with Gasteiger partial charge in [0, 0.05) is 18.8 Å². The van der Waals surface area contributed by atoms with Crippen molar-refractivity contribution in [2.75, 3.05) is 0 Å². The van der Waals surface area contributed by atoms with E-state index in [1.54, 1.807) is 10.5 Å². The van der Waals surface area contributed by atoms with E-state index in [1.807, 2.05) is 66.4 Å². The second kappa shape index (κ2) is 8.42. The van der Waals surface area contributed by atoms with Crippen molar-refractivity contribution >= 4 is 21.4 Å². The van der Waals surface area contributed by atoms with Crippen molar-refractivity contribution in [2.24, 2.45) is 0 Å². The van der Waals surface area contributed by atoms with E-state index in [4.69, 9.17) is 5.10 Å². The Balaban J connectivity index is 1.77. The zero-order valence-corrected chi connectivity index (χ0v) is 18.5. The molecule has 0 spiro atoms. The molecule has 0 N–H and O–H groups in total. The third-order valence-electron chi connectivity index (χ3n) is 5.50. The quantitative estimate of drug-likeness (QED) is 0.510. The van der Waals surface area contributed by atoms with Crippen molar-refractivity contribution in [3.63, 3.8) is 0 Å². The molecule has 2 aromatic heterocycles. The van der Waals surface area contributed by atoms with E-state index in [1.165, 1.54) is 24.2 Å². The molecule has 1 aliphatic carbocycles. The summed E-state index contributed by atoms with van der Waals surface area (Å²) in [7, 11) is -3.71. The molecule has 0 bridgehead atoms. The van der Waals surface area contributed by atoms with Crippen molar-refractivity contribution in [1.29, 1.82) is 0 Å². The first-order chi connectivity index (χ1) is 14.0. The van der Waals surface area contributed by atoms with Crippen molar-refractivity contribution < 1.29 is 8.42 Å². The fraction of sp³-hybridized carbons (Fsp3) is 0.409. The lowest BCUT2D eigenvalue weighted by Crippen LogP contribution is -2.36. The number of hydrogen-bond acceptors (Lipinski definition) is 4. The smallest absolute Gasteiger partial charge is 0.247 e. The average molecular weight is 430 g/mol. The van der Waals surface area contributed by atoms with Crippen LogP contribution in [0.3, 0.4) is 0 Å². The molecule has 1 aliphatic rings. The lowest BCUT2D eigenvalue weighted by Gasteiger charge is -2.25. The Labute approximate surface area is 177 Å². The van der Waals surface area contributed by atoms with Gasteiger partial charge in [0.25, 0.3) is 0 Å². The molecule has 154 valence electrons. The molecule has 0 aliphatic heterocycles. The van der Waals surface area contributed by atoms with Gasteiger partial charge in [0.15, 0.2) is 0 Å². The Morgan fingerprint density at radius 3 is 2.48 bits per heavy atom. The van der Waals surface area contributed by atoms with Crippen molar-refractivity contribution in [3.8, 4) is 10.6 Å². The zero-order chi connectivity index (χ0) is 20.4. The van der Waals surface area contributed by atoms with Gasteiger partial charge in [-0.25, -0.2) is 8.42 Å². The first kappa shape index (κ1) is 20.3. The van der Waals surface area contributed by atoms with Crippen molar-refractivity contribution in [2.45, 2.75) is 63.1 Å². The van der Waals surface area contributed by atoms with Crippen molar-refractivity contribution in [3.05, 3.63) is 59.6 Å². The van der Waals surface area contributed by atoms with Gasteiger partial charge in [0.05, 0.1) is 10.9 Å². The summed E-state index contributed by atoms with van der Waals surface area (Å²) >= 11 is 1.53. The normalized spacial score (nSPS) is 15.6. The molecule has 1 aromatic carbocycles. The van der Waals surface area contributed by atoms with Gasteiger partial charge in [-0.15, -0.1) is 11.3 Å². The third kappa shape index (κ3) is 4.17. The van der Waals surface area contributed by atoms with Crippen LogP contribution in [0.2, 0.25) is 0 Å². The summed E-state index contributed by atoms with van der Waals surface area (Å²) in [5, 5.41) is 6.73. The summed E-state index contributed by atoms with van der Waals surface area (Å²) in [4.78, 5) is 1.21. The van der Waals surface area contributed by atoms with Gasteiger partial charge in [-0.05, 0) is 43.7 Å². The predicted molar refractivity (Wildman–Crippen MR) is 117 cm³/mol.